The molecule has 1 aliphatic carbocycles. The van der Waals surface area contributed by atoms with Gasteiger partial charge >= 0.3 is 5.97 Å². The highest BCUT2D eigenvalue weighted by Gasteiger charge is 2.42. The quantitative estimate of drug-likeness (QED) is 0.247. The number of thiocarbonyl (C=S) groups is 1. The lowest BCUT2D eigenvalue weighted by Crippen LogP contribution is -2.29. The Bertz CT molecular complexity index is 1500. The smallest absolute Gasteiger partial charge is 0.335 e. The molecule has 2 fully saturated rings. The number of nitrogens with zero attached hydrogens (tertiary/aromatic N) is 2. The van der Waals surface area contributed by atoms with Crippen molar-refractivity contribution in [1.29, 1.82) is 0 Å². The van der Waals surface area contributed by atoms with E-state index in [1.807, 2.05) is 61.5 Å². The van der Waals surface area contributed by atoms with Gasteiger partial charge in [0, 0.05) is 17.4 Å². The number of carboxylic acid groups (broad SMARTS) is 1. The number of benzene rings is 2. The summed E-state index contributed by atoms with van der Waals surface area (Å²) in [6, 6.07) is 22.3. The number of carboxylic acids is 1. The molecule has 2 aromatic carbocycles. The number of aromatic nitrogens is 1. The van der Waals surface area contributed by atoms with Gasteiger partial charge in [0.15, 0.2) is 5.11 Å². The molecule has 0 spiro atoms. The number of aryl methyl sites for hydroxylation is 1. The number of pyridine rings is 1. The molecule has 2 N–H and O–H groups in total. The average molecular weight is 540 g/mol. The van der Waals surface area contributed by atoms with Crippen LogP contribution in [0.25, 0.3) is 11.3 Å². The maximum absolute atomic E-state index is 11.4. The second-order valence-corrected chi connectivity index (χ2v) is 10.4. The van der Waals surface area contributed by atoms with E-state index in [1.54, 1.807) is 24.4 Å². The van der Waals surface area contributed by atoms with E-state index in [1.165, 1.54) is 12.8 Å². The van der Waals surface area contributed by atoms with E-state index in [4.69, 9.17) is 21.4 Å². The van der Waals surface area contributed by atoms with Crippen LogP contribution < -0.4 is 15.0 Å². The summed E-state index contributed by atoms with van der Waals surface area (Å²) in [4.78, 5) is 18.1. The Morgan fingerprint density at radius 2 is 1.87 bits per heavy atom. The van der Waals surface area contributed by atoms with E-state index in [2.05, 4.69) is 15.2 Å². The van der Waals surface area contributed by atoms with Crippen molar-refractivity contribution in [2.45, 2.75) is 50.8 Å². The lowest BCUT2D eigenvalue weighted by Gasteiger charge is -2.26. The SMILES string of the molecule is Cc1cc(C(=O)O)ccc1-c1ccc(C2C(c3ccccn3)NC(=S)N2c2ccc(OC3CCCC3)cc2)o1. The zero-order chi connectivity index (χ0) is 26.9. The van der Waals surface area contributed by atoms with Crippen LogP contribution in [0.15, 0.2) is 83.4 Å². The molecule has 2 aliphatic rings. The van der Waals surface area contributed by atoms with Crippen LogP contribution in [0.1, 0.15) is 65.1 Å². The van der Waals surface area contributed by atoms with Gasteiger partial charge in [-0.15, -0.1) is 0 Å². The molecular formula is C31H29N3O4S. The third-order valence-corrected chi connectivity index (χ3v) is 7.79. The normalized spacial score (nSPS) is 19.3. The second kappa shape index (κ2) is 10.5. The van der Waals surface area contributed by atoms with Crippen molar-refractivity contribution >= 4 is 29.0 Å². The third-order valence-electron chi connectivity index (χ3n) is 7.48. The van der Waals surface area contributed by atoms with Gasteiger partial charge in [-0.3, -0.25) is 4.98 Å². The molecule has 3 heterocycles. The lowest BCUT2D eigenvalue weighted by molar-refractivity contribution is 0.0696. The molecule has 2 aromatic heterocycles. The summed E-state index contributed by atoms with van der Waals surface area (Å²) in [6.45, 7) is 1.88. The van der Waals surface area contributed by atoms with Crippen molar-refractivity contribution in [3.8, 4) is 17.1 Å². The summed E-state index contributed by atoms with van der Waals surface area (Å²) in [7, 11) is 0. The number of aromatic carboxylic acids is 1. The number of anilines is 1. The molecule has 39 heavy (non-hydrogen) atoms. The molecule has 7 nitrogen and oxygen atoms in total. The van der Waals surface area contributed by atoms with Gasteiger partial charge in [0.05, 0.1) is 23.4 Å². The fourth-order valence-electron chi connectivity index (χ4n) is 5.54. The van der Waals surface area contributed by atoms with Gasteiger partial charge < -0.3 is 24.5 Å². The van der Waals surface area contributed by atoms with E-state index >= 15 is 0 Å². The number of nitrogens with one attached hydrogen (secondary N) is 1. The van der Waals surface area contributed by atoms with Crippen LogP contribution in [0, 0.1) is 6.92 Å². The Morgan fingerprint density at radius 3 is 2.56 bits per heavy atom. The van der Waals surface area contributed by atoms with Gasteiger partial charge in [0.25, 0.3) is 0 Å². The number of furan rings is 1. The molecule has 8 heteroatoms. The summed E-state index contributed by atoms with van der Waals surface area (Å²) < 4.78 is 12.6. The number of hydrogen-bond donors (Lipinski definition) is 2. The maximum atomic E-state index is 11.4. The van der Waals surface area contributed by atoms with Gasteiger partial charge in [-0.2, -0.15) is 0 Å². The van der Waals surface area contributed by atoms with E-state index in [0.717, 1.165) is 46.9 Å². The number of ether oxygens (including phenoxy) is 1. The number of hydrogen-bond acceptors (Lipinski definition) is 5. The van der Waals surface area contributed by atoms with Crippen molar-refractivity contribution in [2.24, 2.45) is 0 Å². The molecule has 4 aromatic rings. The predicted octanol–water partition coefficient (Wildman–Crippen LogP) is 6.85. The zero-order valence-electron chi connectivity index (χ0n) is 21.5. The van der Waals surface area contributed by atoms with Crippen molar-refractivity contribution < 1.29 is 19.1 Å². The van der Waals surface area contributed by atoms with Gasteiger partial charge in [-0.1, -0.05) is 12.1 Å². The lowest BCUT2D eigenvalue weighted by atomic mass is 10.0. The first-order valence-electron chi connectivity index (χ1n) is 13.2. The Balaban J connectivity index is 1.35. The van der Waals surface area contributed by atoms with Crippen LogP contribution in [0.2, 0.25) is 0 Å². The average Bonchev–Trinajstić information content (AvgIpc) is 3.70. The number of rotatable bonds is 7. The standard InChI is InChI=1S/C31H29N3O4S/c1-19-18-20(30(35)36)9-14-24(19)26-15-16-27(38-26)29-28(25-8-4-5-17-32-25)33-31(39)34(29)21-10-12-23(13-11-21)37-22-6-2-3-7-22/h4-5,8-18,22,28-29H,2-3,6-7H2,1H3,(H,33,39)(H,35,36). The summed E-state index contributed by atoms with van der Waals surface area (Å²) in [5.74, 6) is 1.30. The highest BCUT2D eigenvalue weighted by atomic mass is 32.1. The molecule has 1 saturated heterocycles. The van der Waals surface area contributed by atoms with Crippen LogP contribution in [0.4, 0.5) is 5.69 Å². The molecule has 2 unspecified atom stereocenters. The Hall–Kier alpha value is -4.17. The van der Waals surface area contributed by atoms with E-state index < -0.39 is 5.97 Å². The van der Waals surface area contributed by atoms with E-state index in [9.17, 15) is 9.90 Å². The molecule has 1 saturated carbocycles. The van der Waals surface area contributed by atoms with E-state index in [0.29, 0.717) is 17.0 Å². The van der Waals surface area contributed by atoms with Crippen LogP contribution >= 0.6 is 12.2 Å². The number of carbonyl (C=O) groups is 1. The minimum Gasteiger partial charge on any atom is -0.490 e. The van der Waals surface area contributed by atoms with Gasteiger partial charge in [-0.25, -0.2) is 4.79 Å². The fourth-order valence-corrected chi connectivity index (χ4v) is 5.88. The van der Waals surface area contributed by atoms with Crippen molar-refractivity contribution in [1.82, 2.24) is 10.3 Å². The molecule has 0 bridgehead atoms. The first-order chi connectivity index (χ1) is 19.0. The van der Waals surface area contributed by atoms with Gasteiger partial charge in [0.2, 0.25) is 0 Å². The summed E-state index contributed by atoms with van der Waals surface area (Å²) >= 11 is 5.84. The topological polar surface area (TPSA) is 87.8 Å². The Kier molecular flexibility index (Phi) is 6.79. The molecule has 6 rings (SSSR count). The molecular weight excluding hydrogens is 510 g/mol. The van der Waals surface area contributed by atoms with Crippen molar-refractivity contribution in [3.05, 3.63) is 102 Å². The summed E-state index contributed by atoms with van der Waals surface area (Å²) in [5, 5.41) is 13.4. The molecule has 0 radical (unpaired) electrons. The highest BCUT2D eigenvalue weighted by molar-refractivity contribution is 7.80. The van der Waals surface area contributed by atoms with Crippen LogP contribution in [0.5, 0.6) is 5.75 Å². The summed E-state index contributed by atoms with van der Waals surface area (Å²) in [6.07, 6.45) is 6.73. The summed E-state index contributed by atoms with van der Waals surface area (Å²) in [5.41, 5.74) is 3.69. The Morgan fingerprint density at radius 1 is 1.08 bits per heavy atom. The van der Waals surface area contributed by atoms with Crippen LogP contribution in [-0.2, 0) is 0 Å². The molecule has 0 amide bonds. The molecule has 198 valence electrons. The first kappa shape index (κ1) is 25.1. The fraction of sp³-hybridized carbons (Fsp3) is 0.258. The minimum atomic E-state index is -0.955. The predicted molar refractivity (Wildman–Crippen MR) is 153 cm³/mol. The second-order valence-electron chi connectivity index (χ2n) is 10.1. The highest BCUT2D eigenvalue weighted by Crippen LogP contribution is 2.43. The maximum Gasteiger partial charge on any atom is 0.335 e. The van der Waals surface area contributed by atoms with Gasteiger partial charge in [0.1, 0.15) is 23.3 Å². The van der Waals surface area contributed by atoms with E-state index in [-0.39, 0.29) is 17.6 Å². The minimum absolute atomic E-state index is 0.234. The molecule has 1 aliphatic heterocycles. The van der Waals surface area contributed by atoms with Crippen LogP contribution in [0.3, 0.4) is 0 Å². The molecule has 2 atom stereocenters. The zero-order valence-corrected chi connectivity index (χ0v) is 22.4. The first-order valence-corrected chi connectivity index (χ1v) is 13.6. The van der Waals surface area contributed by atoms with Crippen molar-refractivity contribution in [3.63, 3.8) is 0 Å². The van der Waals surface area contributed by atoms with Gasteiger partial charge in [-0.05, 0) is 111 Å². The third kappa shape index (κ3) is 5.00. The largest absolute Gasteiger partial charge is 0.490 e. The Labute approximate surface area is 232 Å². The van der Waals surface area contributed by atoms with Crippen molar-refractivity contribution in [2.75, 3.05) is 4.90 Å². The monoisotopic (exact) mass is 539 g/mol. The van der Waals surface area contributed by atoms with Crippen LogP contribution in [-0.4, -0.2) is 27.3 Å².